The fourth-order valence-corrected chi connectivity index (χ4v) is 2.67. The third-order valence-corrected chi connectivity index (χ3v) is 3.78. The Morgan fingerprint density at radius 3 is 2.57 bits per heavy atom. The highest BCUT2D eigenvalue weighted by atomic mass is 19.4. The minimum atomic E-state index is -4.38. The zero-order chi connectivity index (χ0) is 15.6. The molecule has 1 saturated heterocycles. The number of alkyl halides is 3. The van der Waals surface area contributed by atoms with Gasteiger partial charge in [-0.3, -0.25) is 4.90 Å². The molecule has 2 atom stereocenters. The standard InChI is InChI=1S/C14H16F5NO/c1-21-8-13(14(17,18)19)20-5-4-10(7-20)9-2-3-11(15)12(16)6-9/h2-3,6,10,13H,4-5,7-8H2,1H3/t10?,13-/m0/s1. The van der Waals surface area contributed by atoms with Gasteiger partial charge in [0.15, 0.2) is 11.6 Å². The van der Waals surface area contributed by atoms with E-state index in [0.717, 1.165) is 12.1 Å². The van der Waals surface area contributed by atoms with E-state index in [1.165, 1.54) is 18.1 Å². The van der Waals surface area contributed by atoms with Crippen molar-refractivity contribution in [3.8, 4) is 0 Å². The molecule has 0 aromatic heterocycles. The lowest BCUT2D eigenvalue weighted by atomic mass is 9.98. The molecule has 1 aliphatic rings. The van der Waals surface area contributed by atoms with E-state index in [4.69, 9.17) is 0 Å². The van der Waals surface area contributed by atoms with Crippen molar-refractivity contribution in [1.82, 2.24) is 4.90 Å². The third-order valence-electron chi connectivity index (χ3n) is 3.78. The molecular weight excluding hydrogens is 293 g/mol. The minimum Gasteiger partial charge on any atom is -0.383 e. The molecular formula is C14H16F5NO. The molecule has 118 valence electrons. The van der Waals surface area contributed by atoms with Gasteiger partial charge in [-0.2, -0.15) is 13.2 Å². The molecule has 0 radical (unpaired) electrons. The van der Waals surface area contributed by atoms with E-state index >= 15 is 0 Å². The maximum absolute atomic E-state index is 13.2. The quantitative estimate of drug-likeness (QED) is 0.791. The van der Waals surface area contributed by atoms with Crippen molar-refractivity contribution in [2.75, 3.05) is 26.8 Å². The van der Waals surface area contributed by atoms with Crippen molar-refractivity contribution in [1.29, 1.82) is 0 Å². The Kier molecular flexibility index (Phi) is 4.83. The first-order valence-corrected chi connectivity index (χ1v) is 6.57. The molecule has 7 heteroatoms. The number of benzene rings is 1. The van der Waals surface area contributed by atoms with E-state index in [-0.39, 0.29) is 19.0 Å². The van der Waals surface area contributed by atoms with Crippen LogP contribution in [0.5, 0.6) is 0 Å². The van der Waals surface area contributed by atoms with Crippen molar-refractivity contribution in [2.24, 2.45) is 0 Å². The molecule has 1 aromatic carbocycles. The largest absolute Gasteiger partial charge is 0.406 e. The van der Waals surface area contributed by atoms with Crippen molar-refractivity contribution in [2.45, 2.75) is 24.6 Å². The molecule has 1 aromatic rings. The van der Waals surface area contributed by atoms with Crippen molar-refractivity contribution in [3.63, 3.8) is 0 Å². The van der Waals surface area contributed by atoms with Gasteiger partial charge >= 0.3 is 6.18 Å². The topological polar surface area (TPSA) is 12.5 Å². The predicted molar refractivity (Wildman–Crippen MR) is 67.0 cm³/mol. The van der Waals surface area contributed by atoms with Gasteiger partial charge in [-0.1, -0.05) is 6.07 Å². The number of likely N-dealkylation sites (tertiary alicyclic amines) is 1. The molecule has 0 saturated carbocycles. The SMILES string of the molecule is COC[C@H](N1CCC(c2ccc(F)c(F)c2)C1)C(F)(F)F. The molecule has 0 amide bonds. The summed E-state index contributed by atoms with van der Waals surface area (Å²) in [5.41, 5.74) is 0.523. The second-order valence-corrected chi connectivity index (χ2v) is 5.17. The van der Waals surface area contributed by atoms with Gasteiger partial charge in [-0.05, 0) is 36.6 Å². The Balaban J connectivity index is 2.10. The van der Waals surface area contributed by atoms with Crippen LogP contribution in [0.25, 0.3) is 0 Å². The van der Waals surface area contributed by atoms with Crippen molar-refractivity contribution in [3.05, 3.63) is 35.4 Å². The Labute approximate surface area is 119 Å². The molecule has 0 N–H and O–H groups in total. The van der Waals surface area contributed by atoms with Crippen LogP contribution in [0.4, 0.5) is 22.0 Å². The summed E-state index contributed by atoms with van der Waals surface area (Å²) < 4.78 is 69.7. The van der Waals surface area contributed by atoms with Crippen LogP contribution in [0, 0.1) is 11.6 Å². The van der Waals surface area contributed by atoms with E-state index in [9.17, 15) is 22.0 Å². The summed E-state index contributed by atoms with van der Waals surface area (Å²) in [6.07, 6.45) is -3.90. The summed E-state index contributed by atoms with van der Waals surface area (Å²) >= 11 is 0. The van der Waals surface area contributed by atoms with E-state index in [0.29, 0.717) is 12.0 Å². The lowest BCUT2D eigenvalue weighted by molar-refractivity contribution is -0.192. The molecule has 21 heavy (non-hydrogen) atoms. The Bertz CT molecular complexity index is 491. The number of methoxy groups -OCH3 is 1. The average Bonchev–Trinajstić information content (AvgIpc) is 2.87. The normalized spacial score (nSPS) is 21.7. The maximum Gasteiger partial charge on any atom is 0.406 e. The molecule has 2 nitrogen and oxygen atoms in total. The van der Waals surface area contributed by atoms with Crippen LogP contribution in [-0.2, 0) is 4.74 Å². The first-order chi connectivity index (χ1) is 9.82. The highest BCUT2D eigenvalue weighted by Gasteiger charge is 2.45. The zero-order valence-corrected chi connectivity index (χ0v) is 11.5. The number of rotatable bonds is 4. The first kappa shape index (κ1) is 16.2. The van der Waals surface area contributed by atoms with Crippen LogP contribution < -0.4 is 0 Å². The summed E-state index contributed by atoms with van der Waals surface area (Å²) in [5, 5.41) is 0. The van der Waals surface area contributed by atoms with Gasteiger partial charge in [-0.25, -0.2) is 8.78 Å². The number of ether oxygens (including phenoxy) is 1. The van der Waals surface area contributed by atoms with Crippen LogP contribution in [0.2, 0.25) is 0 Å². The number of hydrogen-bond acceptors (Lipinski definition) is 2. The van der Waals surface area contributed by atoms with Gasteiger partial charge in [0.25, 0.3) is 0 Å². The lowest BCUT2D eigenvalue weighted by Crippen LogP contribution is -2.47. The van der Waals surface area contributed by atoms with Gasteiger partial charge in [-0.15, -0.1) is 0 Å². The van der Waals surface area contributed by atoms with E-state index in [1.807, 2.05) is 0 Å². The molecule has 0 bridgehead atoms. The minimum absolute atomic E-state index is 0.151. The monoisotopic (exact) mass is 309 g/mol. The molecule has 0 aliphatic carbocycles. The molecule has 1 aliphatic heterocycles. The van der Waals surface area contributed by atoms with E-state index < -0.39 is 30.5 Å². The number of hydrogen-bond donors (Lipinski definition) is 0. The van der Waals surface area contributed by atoms with E-state index in [1.54, 1.807) is 0 Å². The van der Waals surface area contributed by atoms with E-state index in [2.05, 4.69) is 4.74 Å². The van der Waals surface area contributed by atoms with Crippen LogP contribution in [0.1, 0.15) is 17.9 Å². The third kappa shape index (κ3) is 3.71. The van der Waals surface area contributed by atoms with Crippen LogP contribution in [0.3, 0.4) is 0 Å². The molecule has 1 fully saturated rings. The average molecular weight is 309 g/mol. The molecule has 2 rings (SSSR count). The Morgan fingerprint density at radius 2 is 2.00 bits per heavy atom. The van der Waals surface area contributed by atoms with Gasteiger partial charge in [0.2, 0.25) is 0 Å². The molecule has 1 heterocycles. The van der Waals surface area contributed by atoms with Gasteiger partial charge in [0, 0.05) is 13.7 Å². The summed E-state index contributed by atoms with van der Waals surface area (Å²) in [6.45, 7) is -0.0379. The van der Waals surface area contributed by atoms with Gasteiger partial charge in [0.05, 0.1) is 6.61 Å². The highest BCUT2D eigenvalue weighted by Crippen LogP contribution is 2.34. The molecule has 1 unspecified atom stereocenters. The maximum atomic E-state index is 13.2. The predicted octanol–water partition coefficient (Wildman–Crippen LogP) is 3.33. The second kappa shape index (κ2) is 6.27. The second-order valence-electron chi connectivity index (χ2n) is 5.17. The summed E-state index contributed by atoms with van der Waals surface area (Å²) in [4.78, 5) is 1.29. The smallest absolute Gasteiger partial charge is 0.383 e. The van der Waals surface area contributed by atoms with Gasteiger partial charge < -0.3 is 4.74 Å². The van der Waals surface area contributed by atoms with Crippen LogP contribution in [-0.4, -0.2) is 43.9 Å². The van der Waals surface area contributed by atoms with Crippen LogP contribution in [0.15, 0.2) is 18.2 Å². The lowest BCUT2D eigenvalue weighted by Gasteiger charge is -2.29. The fraction of sp³-hybridized carbons (Fsp3) is 0.571. The Hall–Kier alpha value is -1.21. The van der Waals surface area contributed by atoms with Gasteiger partial charge in [0.1, 0.15) is 6.04 Å². The Morgan fingerprint density at radius 1 is 1.29 bits per heavy atom. The summed E-state index contributed by atoms with van der Waals surface area (Å²) in [6, 6.07) is 1.82. The van der Waals surface area contributed by atoms with Crippen molar-refractivity contribution >= 4 is 0 Å². The summed E-state index contributed by atoms with van der Waals surface area (Å²) in [5.74, 6) is -2.17. The number of nitrogens with zero attached hydrogens (tertiary/aromatic N) is 1. The van der Waals surface area contributed by atoms with Crippen LogP contribution >= 0.6 is 0 Å². The zero-order valence-electron chi connectivity index (χ0n) is 11.5. The highest BCUT2D eigenvalue weighted by molar-refractivity contribution is 5.23. The summed E-state index contributed by atoms with van der Waals surface area (Å²) in [7, 11) is 1.22. The van der Waals surface area contributed by atoms with Crippen molar-refractivity contribution < 1.29 is 26.7 Å². The molecule has 0 spiro atoms. The number of halogens is 5. The fourth-order valence-electron chi connectivity index (χ4n) is 2.67. The first-order valence-electron chi connectivity index (χ1n) is 6.57.